The molecule has 9 rings (SSSR count). The minimum absolute atomic E-state index is 0.0424. The molecule has 1 aliphatic heterocycles. The van der Waals surface area contributed by atoms with Gasteiger partial charge in [0.2, 0.25) is 0 Å². The summed E-state index contributed by atoms with van der Waals surface area (Å²) in [5.41, 5.74) is 5.79. The number of aromatic nitrogens is 2. The van der Waals surface area contributed by atoms with E-state index in [1.54, 1.807) is 0 Å². The topological polar surface area (TPSA) is 53.9 Å². The average molecular weight is 582 g/mol. The summed E-state index contributed by atoms with van der Waals surface area (Å²) in [5.74, 6) is 0.903. The van der Waals surface area contributed by atoms with E-state index in [1.165, 1.54) is 43.4 Å². The Kier molecular flexibility index (Phi) is 6.20. The average Bonchev–Trinajstić information content (AvgIpc) is 3.46. The molecule has 216 valence electrons. The first-order valence-electron chi connectivity index (χ1n) is 15.5. The first kappa shape index (κ1) is 26.1. The summed E-state index contributed by atoms with van der Waals surface area (Å²) in [6, 6.07) is 51.8. The number of fused-ring (bicyclic) bond motifs is 6. The highest BCUT2D eigenvalue weighted by molar-refractivity contribution is 6.21. The van der Waals surface area contributed by atoms with Gasteiger partial charge in [0, 0.05) is 22.5 Å². The van der Waals surface area contributed by atoms with Gasteiger partial charge in [-0.15, -0.1) is 0 Å². The first-order valence-corrected chi connectivity index (χ1v) is 15.5. The minimum Gasteiger partial charge on any atom is -0.294 e. The van der Waals surface area contributed by atoms with E-state index >= 15 is 0 Å². The Bertz CT molecular complexity index is 2320. The lowest BCUT2D eigenvalue weighted by molar-refractivity contribution is 0.203. The number of hydrogen-bond donors (Lipinski definition) is 3. The molecule has 5 heteroatoms. The number of rotatable bonds is 4. The van der Waals surface area contributed by atoms with Gasteiger partial charge in [-0.3, -0.25) is 20.5 Å². The molecule has 3 heterocycles. The van der Waals surface area contributed by atoms with Crippen LogP contribution in [0.5, 0.6) is 0 Å². The van der Waals surface area contributed by atoms with Crippen LogP contribution in [0.15, 0.2) is 152 Å². The van der Waals surface area contributed by atoms with Crippen molar-refractivity contribution in [2.75, 3.05) is 0 Å². The van der Waals surface area contributed by atoms with Crippen LogP contribution in [0.2, 0.25) is 0 Å². The summed E-state index contributed by atoms with van der Waals surface area (Å²) in [6.07, 6.45) is 1.79. The zero-order valence-electron chi connectivity index (χ0n) is 24.6. The zero-order chi connectivity index (χ0) is 29.7. The Morgan fingerprint density at radius 3 is 1.87 bits per heavy atom. The van der Waals surface area contributed by atoms with Gasteiger partial charge in [-0.25, -0.2) is 4.98 Å². The number of nitrogens with zero attached hydrogens (tertiary/aromatic N) is 2. The van der Waals surface area contributed by atoms with Crippen LogP contribution < -0.4 is 16.0 Å². The van der Waals surface area contributed by atoms with Gasteiger partial charge < -0.3 is 0 Å². The minimum atomic E-state index is -0.114. The maximum absolute atomic E-state index is 5.08. The number of pyridine rings is 1. The van der Waals surface area contributed by atoms with E-state index in [0.717, 1.165) is 22.4 Å². The molecule has 0 aliphatic carbocycles. The third-order valence-corrected chi connectivity index (χ3v) is 9.14. The van der Waals surface area contributed by atoms with Crippen molar-refractivity contribution in [1.82, 2.24) is 25.5 Å². The molecule has 45 heavy (non-hydrogen) atoms. The fourth-order valence-electron chi connectivity index (χ4n) is 6.94. The van der Waals surface area contributed by atoms with Crippen LogP contribution in [0.25, 0.3) is 49.2 Å². The summed E-state index contributed by atoms with van der Waals surface area (Å²) in [5, 5.41) is 18.9. The monoisotopic (exact) mass is 581 g/mol. The molecule has 5 nitrogen and oxygen atoms in total. The number of para-hydroxylation sites is 1. The molecule has 0 amide bonds. The zero-order valence-corrected chi connectivity index (χ0v) is 24.6. The molecule has 3 N–H and O–H groups in total. The second-order valence-electron chi connectivity index (χ2n) is 11.8. The van der Waals surface area contributed by atoms with Crippen molar-refractivity contribution in [3.63, 3.8) is 0 Å². The lowest BCUT2D eigenvalue weighted by atomic mass is 10.0. The first-order chi connectivity index (χ1) is 22.3. The van der Waals surface area contributed by atoms with E-state index in [9.17, 15) is 0 Å². The van der Waals surface area contributed by atoms with Gasteiger partial charge in [0.25, 0.3) is 0 Å². The van der Waals surface area contributed by atoms with Crippen molar-refractivity contribution in [2.45, 2.75) is 18.5 Å². The third kappa shape index (κ3) is 4.49. The normalized spacial score (nSPS) is 18.6. The Balaban J connectivity index is 1.11. The summed E-state index contributed by atoms with van der Waals surface area (Å²) in [4.78, 5) is 5.08. The van der Waals surface area contributed by atoms with E-state index in [0.29, 0.717) is 0 Å². The molecule has 1 fully saturated rings. The van der Waals surface area contributed by atoms with Gasteiger partial charge >= 0.3 is 0 Å². The van der Waals surface area contributed by atoms with Crippen LogP contribution in [-0.4, -0.2) is 9.55 Å². The largest absolute Gasteiger partial charge is 0.294 e. The Morgan fingerprint density at radius 1 is 0.444 bits per heavy atom. The SMILES string of the molecule is c1ccc(C2NC(c3ccc(-n4c5ccccc5c5c6ccccc6ccc54)nc3)NC(c3ccc4ccccc4c3)N2)cc1. The second-order valence-corrected chi connectivity index (χ2v) is 11.8. The van der Waals surface area contributed by atoms with Crippen molar-refractivity contribution in [3.8, 4) is 5.82 Å². The Hall–Kier alpha value is -5.33. The van der Waals surface area contributed by atoms with Crippen molar-refractivity contribution in [1.29, 1.82) is 0 Å². The van der Waals surface area contributed by atoms with Crippen molar-refractivity contribution < 1.29 is 0 Å². The highest BCUT2D eigenvalue weighted by Gasteiger charge is 2.30. The van der Waals surface area contributed by atoms with Crippen LogP contribution in [0, 0.1) is 0 Å². The molecule has 8 aromatic rings. The van der Waals surface area contributed by atoms with E-state index in [2.05, 4.69) is 166 Å². The van der Waals surface area contributed by atoms with Gasteiger partial charge in [0.1, 0.15) is 5.82 Å². The summed E-state index contributed by atoms with van der Waals surface area (Å²) >= 11 is 0. The molecule has 0 saturated carbocycles. The summed E-state index contributed by atoms with van der Waals surface area (Å²) in [7, 11) is 0. The van der Waals surface area contributed by atoms with Gasteiger partial charge in [0.15, 0.2) is 0 Å². The molecule has 1 saturated heterocycles. The van der Waals surface area contributed by atoms with E-state index in [1.807, 2.05) is 6.20 Å². The van der Waals surface area contributed by atoms with Crippen molar-refractivity contribution in [2.24, 2.45) is 0 Å². The van der Waals surface area contributed by atoms with Gasteiger partial charge in [-0.2, -0.15) is 0 Å². The van der Waals surface area contributed by atoms with Crippen LogP contribution in [-0.2, 0) is 0 Å². The third-order valence-electron chi connectivity index (χ3n) is 9.14. The maximum atomic E-state index is 5.08. The summed E-state index contributed by atoms with van der Waals surface area (Å²) < 4.78 is 2.29. The predicted octanol–water partition coefficient (Wildman–Crippen LogP) is 8.66. The Morgan fingerprint density at radius 2 is 1.07 bits per heavy atom. The van der Waals surface area contributed by atoms with Crippen molar-refractivity contribution in [3.05, 3.63) is 168 Å². The second kappa shape index (κ2) is 10.7. The van der Waals surface area contributed by atoms with Gasteiger partial charge in [-0.05, 0) is 56.9 Å². The fraction of sp³-hybridized carbons (Fsp3) is 0.0750. The van der Waals surface area contributed by atoms with Crippen LogP contribution in [0.3, 0.4) is 0 Å². The maximum Gasteiger partial charge on any atom is 0.137 e. The van der Waals surface area contributed by atoms with E-state index in [4.69, 9.17) is 4.98 Å². The lowest BCUT2D eigenvalue weighted by Gasteiger charge is -2.39. The molecule has 1 aliphatic rings. The molecular formula is C40H31N5. The number of nitrogens with one attached hydrogen (secondary N) is 3. The highest BCUT2D eigenvalue weighted by atomic mass is 15.4. The molecule has 0 radical (unpaired) electrons. The smallest absolute Gasteiger partial charge is 0.137 e. The van der Waals surface area contributed by atoms with E-state index < -0.39 is 0 Å². The molecule has 3 atom stereocenters. The molecule has 0 bridgehead atoms. The fourth-order valence-corrected chi connectivity index (χ4v) is 6.94. The summed E-state index contributed by atoms with van der Waals surface area (Å²) in [6.45, 7) is 0. The standard InChI is InChI=1S/C40H31N5/c1-2-12-28(13-3-1)38-42-39(30-19-18-26-10-4-5-14-29(26)24-30)44-40(43-38)31-21-23-36(41-25-31)45-34-17-9-8-16-33(34)37-32-15-7-6-11-27(32)20-22-35(37)45/h1-25,38-40,42-44H. The number of benzene rings is 6. The highest BCUT2D eigenvalue weighted by Crippen LogP contribution is 2.36. The van der Waals surface area contributed by atoms with Gasteiger partial charge in [-0.1, -0.05) is 121 Å². The van der Waals surface area contributed by atoms with E-state index in [-0.39, 0.29) is 18.5 Å². The Labute approximate surface area is 261 Å². The molecule has 3 unspecified atom stereocenters. The molecule has 0 spiro atoms. The lowest BCUT2D eigenvalue weighted by Crippen LogP contribution is -2.54. The predicted molar refractivity (Wildman–Crippen MR) is 184 cm³/mol. The number of hydrogen-bond acceptors (Lipinski definition) is 4. The van der Waals surface area contributed by atoms with Crippen LogP contribution in [0.1, 0.15) is 35.2 Å². The van der Waals surface area contributed by atoms with Gasteiger partial charge in [0.05, 0.1) is 29.5 Å². The molecule has 2 aromatic heterocycles. The van der Waals surface area contributed by atoms with Crippen LogP contribution in [0.4, 0.5) is 0 Å². The quantitative estimate of drug-likeness (QED) is 0.195. The molecule has 6 aromatic carbocycles. The van der Waals surface area contributed by atoms with Crippen molar-refractivity contribution >= 4 is 43.4 Å². The molecular weight excluding hydrogens is 550 g/mol. The van der Waals surface area contributed by atoms with Crippen LogP contribution >= 0.6 is 0 Å².